The third kappa shape index (κ3) is 4.97. The number of nitrogens with one attached hydrogen (secondary N) is 2. The minimum atomic E-state index is -0.424. The lowest BCUT2D eigenvalue weighted by molar-refractivity contribution is 0.114. The van der Waals surface area contributed by atoms with E-state index in [4.69, 9.17) is 4.74 Å². The molecule has 1 aliphatic heterocycles. The third-order valence-corrected chi connectivity index (χ3v) is 3.44. The highest BCUT2D eigenvalue weighted by Crippen LogP contribution is 2.11. The summed E-state index contributed by atoms with van der Waals surface area (Å²) in [5.41, 5.74) is 0.358. The van der Waals surface area contributed by atoms with Crippen molar-refractivity contribution in [1.82, 2.24) is 10.6 Å². The molecule has 1 aromatic carbocycles. The van der Waals surface area contributed by atoms with Crippen molar-refractivity contribution in [3.8, 4) is 0 Å². The standard InChI is InChI=1S/C15H21F2N3O/c1-18-15(20-10-13-3-2-8-21-13)19-7-6-11-9-12(16)4-5-14(11)17/h4-5,9,13H,2-3,6-8,10H2,1H3,(H2,18,19,20). The van der Waals surface area contributed by atoms with E-state index in [0.717, 1.165) is 31.6 Å². The van der Waals surface area contributed by atoms with E-state index in [-0.39, 0.29) is 11.9 Å². The van der Waals surface area contributed by atoms with E-state index >= 15 is 0 Å². The Hall–Kier alpha value is -1.69. The Morgan fingerprint density at radius 2 is 2.24 bits per heavy atom. The number of halogens is 2. The van der Waals surface area contributed by atoms with Crippen LogP contribution in [-0.2, 0) is 11.2 Å². The molecule has 2 rings (SSSR count). The summed E-state index contributed by atoms with van der Waals surface area (Å²) in [6.45, 7) is 2.00. The smallest absolute Gasteiger partial charge is 0.191 e. The van der Waals surface area contributed by atoms with E-state index in [9.17, 15) is 8.78 Å². The van der Waals surface area contributed by atoms with E-state index in [0.29, 0.717) is 31.0 Å². The highest BCUT2D eigenvalue weighted by Gasteiger charge is 2.15. The van der Waals surface area contributed by atoms with Gasteiger partial charge in [-0.2, -0.15) is 0 Å². The summed E-state index contributed by atoms with van der Waals surface area (Å²) in [6.07, 6.45) is 2.77. The molecule has 1 fully saturated rings. The van der Waals surface area contributed by atoms with Gasteiger partial charge in [0, 0.05) is 26.7 Å². The lowest BCUT2D eigenvalue weighted by atomic mass is 10.1. The molecule has 1 saturated heterocycles. The summed E-state index contributed by atoms with van der Waals surface area (Å²) in [5.74, 6) is -0.171. The molecule has 4 nitrogen and oxygen atoms in total. The van der Waals surface area contributed by atoms with Crippen molar-refractivity contribution in [1.29, 1.82) is 0 Å². The van der Waals surface area contributed by atoms with Crippen LogP contribution in [0.15, 0.2) is 23.2 Å². The molecule has 0 spiro atoms. The highest BCUT2D eigenvalue weighted by molar-refractivity contribution is 5.79. The minimum absolute atomic E-state index is 0.226. The molecule has 2 N–H and O–H groups in total. The van der Waals surface area contributed by atoms with Crippen LogP contribution in [0.1, 0.15) is 18.4 Å². The predicted octanol–water partition coefficient (Wildman–Crippen LogP) is 1.85. The van der Waals surface area contributed by atoms with Crippen molar-refractivity contribution in [2.45, 2.75) is 25.4 Å². The molecule has 0 saturated carbocycles. The maximum absolute atomic E-state index is 13.5. The SMILES string of the molecule is CN=C(NCCc1cc(F)ccc1F)NCC1CCCO1. The quantitative estimate of drug-likeness (QED) is 0.644. The molecule has 6 heteroatoms. The summed E-state index contributed by atoms with van der Waals surface area (Å²) < 4.78 is 32.0. The van der Waals surface area contributed by atoms with Crippen LogP contribution in [-0.4, -0.2) is 38.8 Å². The summed E-state index contributed by atoms with van der Waals surface area (Å²) in [4.78, 5) is 4.09. The minimum Gasteiger partial charge on any atom is -0.376 e. The van der Waals surface area contributed by atoms with Crippen molar-refractivity contribution >= 4 is 5.96 Å². The monoisotopic (exact) mass is 297 g/mol. The first-order valence-corrected chi connectivity index (χ1v) is 7.19. The van der Waals surface area contributed by atoms with Gasteiger partial charge in [-0.15, -0.1) is 0 Å². The molecule has 1 unspecified atom stereocenters. The molecule has 116 valence electrons. The molecule has 0 amide bonds. The van der Waals surface area contributed by atoms with Gasteiger partial charge in [0.15, 0.2) is 5.96 Å². The first kappa shape index (κ1) is 15.7. The van der Waals surface area contributed by atoms with Crippen LogP contribution in [0.2, 0.25) is 0 Å². The second-order valence-electron chi connectivity index (χ2n) is 5.00. The number of benzene rings is 1. The van der Waals surface area contributed by atoms with Gasteiger partial charge < -0.3 is 15.4 Å². The molecule has 0 aliphatic carbocycles. The number of aliphatic imine (C=N–C) groups is 1. The molecular formula is C15H21F2N3O. The second kappa shape index (κ2) is 7.93. The molecule has 1 heterocycles. The number of nitrogens with zero attached hydrogens (tertiary/aromatic N) is 1. The number of hydrogen-bond acceptors (Lipinski definition) is 2. The maximum Gasteiger partial charge on any atom is 0.191 e. The van der Waals surface area contributed by atoms with E-state index in [1.54, 1.807) is 7.05 Å². The van der Waals surface area contributed by atoms with Gasteiger partial charge in [-0.3, -0.25) is 4.99 Å². The van der Waals surface area contributed by atoms with Crippen molar-refractivity contribution in [2.75, 3.05) is 26.7 Å². The van der Waals surface area contributed by atoms with E-state index in [1.165, 1.54) is 6.07 Å². The van der Waals surface area contributed by atoms with Crippen LogP contribution in [0, 0.1) is 11.6 Å². The Morgan fingerprint density at radius 1 is 1.38 bits per heavy atom. The lowest BCUT2D eigenvalue weighted by Crippen LogP contribution is -2.41. The van der Waals surface area contributed by atoms with Gasteiger partial charge in [0.05, 0.1) is 6.10 Å². The summed E-state index contributed by atoms with van der Waals surface area (Å²) >= 11 is 0. The lowest BCUT2D eigenvalue weighted by Gasteiger charge is -2.15. The van der Waals surface area contributed by atoms with Crippen LogP contribution < -0.4 is 10.6 Å². The van der Waals surface area contributed by atoms with Crippen LogP contribution in [0.5, 0.6) is 0 Å². The van der Waals surface area contributed by atoms with Crippen LogP contribution in [0.3, 0.4) is 0 Å². The van der Waals surface area contributed by atoms with Gasteiger partial charge in [0.25, 0.3) is 0 Å². The number of guanidine groups is 1. The van der Waals surface area contributed by atoms with Gasteiger partial charge in [0.1, 0.15) is 11.6 Å². The molecule has 0 aromatic heterocycles. The number of rotatable bonds is 5. The largest absolute Gasteiger partial charge is 0.376 e. The summed E-state index contributed by atoms with van der Waals surface area (Å²) in [6, 6.07) is 3.49. The third-order valence-electron chi connectivity index (χ3n) is 3.44. The molecule has 21 heavy (non-hydrogen) atoms. The Morgan fingerprint density at radius 3 is 2.95 bits per heavy atom. The first-order valence-electron chi connectivity index (χ1n) is 7.19. The van der Waals surface area contributed by atoms with Crippen LogP contribution in [0.4, 0.5) is 8.78 Å². The van der Waals surface area contributed by atoms with Gasteiger partial charge >= 0.3 is 0 Å². The average Bonchev–Trinajstić information content (AvgIpc) is 2.99. The molecule has 1 aliphatic rings. The van der Waals surface area contributed by atoms with Gasteiger partial charge in [0.2, 0.25) is 0 Å². The van der Waals surface area contributed by atoms with E-state index in [2.05, 4.69) is 15.6 Å². The maximum atomic E-state index is 13.5. The molecule has 0 bridgehead atoms. The zero-order valence-corrected chi connectivity index (χ0v) is 12.2. The zero-order valence-electron chi connectivity index (χ0n) is 12.2. The number of ether oxygens (including phenoxy) is 1. The molecular weight excluding hydrogens is 276 g/mol. The topological polar surface area (TPSA) is 45.7 Å². The summed E-state index contributed by atoms with van der Waals surface area (Å²) in [7, 11) is 1.67. The van der Waals surface area contributed by atoms with Crippen molar-refractivity contribution < 1.29 is 13.5 Å². The fourth-order valence-electron chi connectivity index (χ4n) is 2.29. The van der Waals surface area contributed by atoms with Crippen molar-refractivity contribution in [3.63, 3.8) is 0 Å². The Kier molecular flexibility index (Phi) is 5.92. The highest BCUT2D eigenvalue weighted by atomic mass is 19.1. The van der Waals surface area contributed by atoms with Gasteiger partial charge in [-0.25, -0.2) is 8.78 Å². The van der Waals surface area contributed by atoms with Gasteiger partial charge in [-0.1, -0.05) is 0 Å². The Balaban J connectivity index is 1.74. The van der Waals surface area contributed by atoms with E-state index < -0.39 is 5.82 Å². The summed E-state index contributed by atoms with van der Waals surface area (Å²) in [5, 5.41) is 6.25. The van der Waals surface area contributed by atoms with Crippen molar-refractivity contribution in [3.05, 3.63) is 35.4 Å². The van der Waals surface area contributed by atoms with Gasteiger partial charge in [-0.05, 0) is 43.0 Å². The fraction of sp³-hybridized carbons (Fsp3) is 0.533. The fourth-order valence-corrected chi connectivity index (χ4v) is 2.29. The molecule has 0 radical (unpaired) electrons. The predicted molar refractivity (Wildman–Crippen MR) is 78.4 cm³/mol. The first-order chi connectivity index (χ1) is 10.2. The molecule has 1 atom stereocenters. The zero-order chi connectivity index (χ0) is 15.1. The average molecular weight is 297 g/mol. The Bertz CT molecular complexity index is 488. The van der Waals surface area contributed by atoms with Crippen LogP contribution >= 0.6 is 0 Å². The second-order valence-corrected chi connectivity index (χ2v) is 5.00. The number of hydrogen-bond donors (Lipinski definition) is 2. The molecule has 1 aromatic rings. The normalized spacial score (nSPS) is 18.8. The van der Waals surface area contributed by atoms with E-state index in [1.807, 2.05) is 0 Å². The Labute approximate surface area is 123 Å². The van der Waals surface area contributed by atoms with Crippen LogP contribution in [0.25, 0.3) is 0 Å². The van der Waals surface area contributed by atoms with Crippen molar-refractivity contribution in [2.24, 2.45) is 4.99 Å².